The molecule has 0 radical (unpaired) electrons. The Bertz CT molecular complexity index is 396. The highest BCUT2D eigenvalue weighted by atomic mass is 32.2. The molecule has 0 aromatic heterocycles. The molecule has 1 fully saturated rings. The minimum atomic E-state index is -1.14. The van der Waals surface area contributed by atoms with Gasteiger partial charge in [-0.1, -0.05) is 56.0 Å². The summed E-state index contributed by atoms with van der Waals surface area (Å²) < 4.78 is 0. The molecule has 0 saturated carbocycles. The predicted octanol–water partition coefficient (Wildman–Crippen LogP) is 3.56. The van der Waals surface area contributed by atoms with Gasteiger partial charge in [0.1, 0.15) is 0 Å². The number of hydrogen-bond donors (Lipinski definition) is 0. The predicted molar refractivity (Wildman–Crippen MR) is 91.2 cm³/mol. The molecule has 2 rings (SSSR count). The van der Waals surface area contributed by atoms with Crippen LogP contribution in [0.2, 0.25) is 19.6 Å². The lowest BCUT2D eigenvalue weighted by atomic mass is 10.2. The Morgan fingerprint density at radius 1 is 1.21 bits per heavy atom. The first-order valence-corrected chi connectivity index (χ1v) is 12.0. The third-order valence-electron chi connectivity index (χ3n) is 3.90. The Morgan fingerprint density at radius 2 is 1.89 bits per heavy atom. The summed E-state index contributed by atoms with van der Waals surface area (Å²) in [6.07, 6.45) is 1.30. The molecule has 3 heteroatoms. The van der Waals surface area contributed by atoms with Gasteiger partial charge in [0.25, 0.3) is 0 Å². The van der Waals surface area contributed by atoms with Gasteiger partial charge >= 0.3 is 0 Å². The molecule has 1 saturated heterocycles. The minimum absolute atomic E-state index is 0.843. The van der Waals surface area contributed by atoms with E-state index < -0.39 is 8.07 Å². The molecule has 19 heavy (non-hydrogen) atoms. The van der Waals surface area contributed by atoms with E-state index in [0.29, 0.717) is 0 Å². The van der Waals surface area contributed by atoms with Crippen LogP contribution in [0.15, 0.2) is 24.3 Å². The smallest absolute Gasteiger partial charge is 0.0775 e. The zero-order chi connectivity index (χ0) is 13.9. The van der Waals surface area contributed by atoms with E-state index in [0.717, 1.165) is 11.8 Å². The van der Waals surface area contributed by atoms with Gasteiger partial charge in [0.05, 0.1) is 8.07 Å². The Balaban J connectivity index is 1.96. The molecule has 0 aliphatic carbocycles. The fourth-order valence-corrected chi connectivity index (χ4v) is 4.95. The molecule has 0 spiro atoms. The van der Waals surface area contributed by atoms with Crippen LogP contribution in [0, 0.1) is 0 Å². The van der Waals surface area contributed by atoms with Gasteiger partial charge in [-0.3, -0.25) is 4.90 Å². The van der Waals surface area contributed by atoms with Gasteiger partial charge in [-0.2, -0.15) is 11.8 Å². The topological polar surface area (TPSA) is 3.24 Å². The molecule has 0 amide bonds. The van der Waals surface area contributed by atoms with Crippen molar-refractivity contribution in [1.82, 2.24) is 4.90 Å². The van der Waals surface area contributed by atoms with Crippen LogP contribution in [0.25, 0.3) is 0 Å². The fourth-order valence-electron chi connectivity index (χ4n) is 2.54. The van der Waals surface area contributed by atoms with Crippen LogP contribution < -0.4 is 5.19 Å². The Labute approximate surface area is 123 Å². The van der Waals surface area contributed by atoms with Crippen molar-refractivity contribution in [2.24, 2.45) is 0 Å². The van der Waals surface area contributed by atoms with Crippen LogP contribution in [0.5, 0.6) is 0 Å². The SMILES string of the molecule is CCC1CN(Cc2ccc([Si](C)(C)C)cc2)CCS1. The zero-order valence-electron chi connectivity index (χ0n) is 12.8. The van der Waals surface area contributed by atoms with Gasteiger partial charge in [0.15, 0.2) is 0 Å². The number of rotatable bonds is 4. The van der Waals surface area contributed by atoms with Crippen molar-refractivity contribution in [2.45, 2.75) is 44.8 Å². The zero-order valence-corrected chi connectivity index (χ0v) is 14.6. The summed E-state index contributed by atoms with van der Waals surface area (Å²) in [6.45, 7) is 13.2. The monoisotopic (exact) mass is 293 g/mol. The first-order chi connectivity index (χ1) is 8.99. The number of benzene rings is 1. The third-order valence-corrected chi connectivity index (χ3v) is 7.34. The van der Waals surface area contributed by atoms with E-state index in [-0.39, 0.29) is 0 Å². The van der Waals surface area contributed by atoms with E-state index in [1.165, 1.54) is 30.8 Å². The van der Waals surface area contributed by atoms with Crippen molar-refractivity contribution < 1.29 is 0 Å². The van der Waals surface area contributed by atoms with Crippen LogP contribution in [-0.2, 0) is 6.54 Å². The standard InChI is InChI=1S/C16H27NSSi/c1-5-15-13-17(10-11-18-15)12-14-6-8-16(9-7-14)19(2,3)4/h6-9,15H,5,10-13H2,1-4H3. The van der Waals surface area contributed by atoms with Crippen molar-refractivity contribution >= 4 is 25.0 Å². The van der Waals surface area contributed by atoms with Crippen molar-refractivity contribution in [2.75, 3.05) is 18.8 Å². The van der Waals surface area contributed by atoms with Gasteiger partial charge in [0.2, 0.25) is 0 Å². The van der Waals surface area contributed by atoms with Crippen LogP contribution in [-0.4, -0.2) is 37.1 Å². The van der Waals surface area contributed by atoms with Crippen LogP contribution >= 0.6 is 11.8 Å². The van der Waals surface area contributed by atoms with E-state index in [1.54, 1.807) is 5.19 Å². The Kier molecular flexibility index (Phi) is 5.15. The number of hydrogen-bond acceptors (Lipinski definition) is 2. The Hall–Kier alpha value is -0.253. The van der Waals surface area contributed by atoms with E-state index >= 15 is 0 Å². The minimum Gasteiger partial charge on any atom is -0.297 e. The lowest BCUT2D eigenvalue weighted by Crippen LogP contribution is -2.38. The normalized spacial score (nSPS) is 21.6. The fraction of sp³-hybridized carbons (Fsp3) is 0.625. The van der Waals surface area contributed by atoms with Crippen molar-refractivity contribution in [3.8, 4) is 0 Å². The molecule has 1 atom stereocenters. The molecule has 1 aromatic carbocycles. The van der Waals surface area contributed by atoms with Gasteiger partial charge in [-0.25, -0.2) is 0 Å². The first-order valence-electron chi connectivity index (χ1n) is 7.42. The van der Waals surface area contributed by atoms with Gasteiger partial charge in [-0.05, 0) is 12.0 Å². The van der Waals surface area contributed by atoms with Crippen molar-refractivity contribution in [3.05, 3.63) is 29.8 Å². The number of thioether (sulfide) groups is 1. The lowest BCUT2D eigenvalue weighted by molar-refractivity contribution is 0.273. The highest BCUT2D eigenvalue weighted by Gasteiger charge is 2.19. The maximum absolute atomic E-state index is 2.62. The molecule has 0 bridgehead atoms. The maximum atomic E-state index is 2.62. The maximum Gasteiger partial charge on any atom is 0.0775 e. The van der Waals surface area contributed by atoms with Crippen LogP contribution in [0.3, 0.4) is 0 Å². The molecular weight excluding hydrogens is 266 g/mol. The van der Waals surface area contributed by atoms with E-state index in [4.69, 9.17) is 0 Å². The highest BCUT2D eigenvalue weighted by molar-refractivity contribution is 8.00. The third kappa shape index (κ3) is 4.37. The average Bonchev–Trinajstić information content (AvgIpc) is 2.38. The summed E-state index contributed by atoms with van der Waals surface area (Å²) in [5.74, 6) is 1.30. The summed E-state index contributed by atoms with van der Waals surface area (Å²) in [7, 11) is -1.14. The lowest BCUT2D eigenvalue weighted by Gasteiger charge is -2.32. The van der Waals surface area contributed by atoms with Crippen molar-refractivity contribution in [1.29, 1.82) is 0 Å². The molecule has 1 aliphatic heterocycles. The number of nitrogens with zero attached hydrogens (tertiary/aromatic N) is 1. The molecule has 0 N–H and O–H groups in total. The van der Waals surface area contributed by atoms with E-state index in [1.807, 2.05) is 0 Å². The summed E-state index contributed by atoms with van der Waals surface area (Å²) >= 11 is 2.15. The average molecular weight is 294 g/mol. The van der Waals surface area contributed by atoms with E-state index in [2.05, 4.69) is 67.5 Å². The summed E-state index contributed by atoms with van der Waals surface area (Å²) in [4.78, 5) is 2.62. The summed E-state index contributed by atoms with van der Waals surface area (Å²) in [5.41, 5.74) is 1.48. The molecular formula is C16H27NSSi. The molecule has 1 heterocycles. The van der Waals surface area contributed by atoms with E-state index in [9.17, 15) is 0 Å². The molecule has 106 valence electrons. The second kappa shape index (κ2) is 6.46. The second-order valence-electron chi connectivity index (χ2n) is 6.58. The van der Waals surface area contributed by atoms with Crippen LogP contribution in [0.4, 0.5) is 0 Å². The van der Waals surface area contributed by atoms with Gasteiger partial charge in [0, 0.05) is 30.6 Å². The summed E-state index contributed by atoms with van der Waals surface area (Å²) in [5, 5.41) is 2.41. The largest absolute Gasteiger partial charge is 0.297 e. The second-order valence-corrected chi connectivity index (χ2v) is 13.1. The van der Waals surface area contributed by atoms with Gasteiger partial charge in [-0.15, -0.1) is 0 Å². The van der Waals surface area contributed by atoms with Gasteiger partial charge < -0.3 is 0 Å². The molecule has 1 aliphatic rings. The Morgan fingerprint density at radius 3 is 2.47 bits per heavy atom. The molecule has 1 unspecified atom stereocenters. The molecule has 1 aromatic rings. The molecule has 1 nitrogen and oxygen atoms in total. The highest BCUT2D eigenvalue weighted by Crippen LogP contribution is 2.22. The summed E-state index contributed by atoms with van der Waals surface area (Å²) in [6, 6.07) is 9.40. The van der Waals surface area contributed by atoms with Crippen LogP contribution in [0.1, 0.15) is 18.9 Å². The quantitative estimate of drug-likeness (QED) is 0.781. The first kappa shape index (κ1) is 15.1. The van der Waals surface area contributed by atoms with Crippen molar-refractivity contribution in [3.63, 3.8) is 0 Å².